The van der Waals surface area contributed by atoms with Gasteiger partial charge in [0, 0.05) is 19.1 Å². The molecule has 2 saturated heterocycles. The number of hydrogen-bond donors (Lipinski definition) is 2. The molecule has 3 unspecified atom stereocenters. The third-order valence-corrected chi connectivity index (χ3v) is 3.73. The van der Waals surface area contributed by atoms with Gasteiger partial charge < -0.3 is 10.1 Å². The molecule has 2 rings (SSSR count). The Bertz CT molecular complexity index is 330. The number of ether oxygens (including phenoxy) is 1. The van der Waals surface area contributed by atoms with Gasteiger partial charge in [0.1, 0.15) is 0 Å². The van der Waals surface area contributed by atoms with Gasteiger partial charge in [0.2, 0.25) is 11.8 Å². The van der Waals surface area contributed by atoms with Crippen LogP contribution in [0.4, 0.5) is 0 Å². The molecule has 0 aromatic heterocycles. The molecule has 0 aromatic carbocycles. The highest BCUT2D eigenvalue weighted by molar-refractivity contribution is 6.00. The molecule has 2 heterocycles. The van der Waals surface area contributed by atoms with Gasteiger partial charge in [-0.15, -0.1) is 0 Å². The van der Waals surface area contributed by atoms with Gasteiger partial charge in [-0.3, -0.25) is 14.9 Å². The van der Waals surface area contributed by atoms with Crippen molar-refractivity contribution in [1.82, 2.24) is 10.6 Å². The van der Waals surface area contributed by atoms with Gasteiger partial charge in [0.05, 0.1) is 12.1 Å². The monoisotopic (exact) mass is 254 g/mol. The Kier molecular flexibility index (Phi) is 4.35. The fraction of sp³-hybridized carbons (Fsp3) is 0.846. The van der Waals surface area contributed by atoms with Crippen molar-refractivity contribution in [2.75, 3.05) is 6.61 Å². The first-order chi connectivity index (χ1) is 8.56. The normalized spacial score (nSPS) is 33.6. The number of carbonyl (C=O) groups excluding carboxylic acids is 2. The molecular formula is C13H22N2O3. The zero-order valence-electron chi connectivity index (χ0n) is 11.1. The van der Waals surface area contributed by atoms with Crippen LogP contribution in [0, 0.1) is 5.92 Å². The summed E-state index contributed by atoms with van der Waals surface area (Å²) in [5.74, 6) is 0.153. The number of rotatable bonds is 3. The molecular weight excluding hydrogens is 232 g/mol. The molecule has 0 radical (unpaired) electrons. The van der Waals surface area contributed by atoms with Crippen LogP contribution < -0.4 is 10.6 Å². The van der Waals surface area contributed by atoms with Gasteiger partial charge in [-0.1, -0.05) is 13.8 Å². The summed E-state index contributed by atoms with van der Waals surface area (Å²) >= 11 is 0. The Balaban J connectivity index is 1.85. The predicted octanol–water partition coefficient (Wildman–Crippen LogP) is 0.585. The van der Waals surface area contributed by atoms with Crippen LogP contribution in [-0.2, 0) is 14.3 Å². The van der Waals surface area contributed by atoms with E-state index in [1.54, 1.807) is 0 Å². The van der Waals surface area contributed by atoms with E-state index in [2.05, 4.69) is 24.5 Å². The second-order valence-electron chi connectivity index (χ2n) is 5.54. The summed E-state index contributed by atoms with van der Waals surface area (Å²) in [6, 6.07) is 0.0914. The number of nitrogens with one attached hydrogen (secondary N) is 2. The van der Waals surface area contributed by atoms with Crippen molar-refractivity contribution in [2.45, 2.75) is 57.7 Å². The average molecular weight is 254 g/mol. The summed E-state index contributed by atoms with van der Waals surface area (Å²) in [7, 11) is 0. The first-order valence-corrected chi connectivity index (χ1v) is 6.77. The largest absolute Gasteiger partial charge is 0.378 e. The van der Waals surface area contributed by atoms with Crippen LogP contribution in [0.2, 0.25) is 0 Å². The van der Waals surface area contributed by atoms with E-state index in [1.807, 2.05) is 0 Å². The summed E-state index contributed by atoms with van der Waals surface area (Å²) < 4.78 is 5.71. The third-order valence-electron chi connectivity index (χ3n) is 3.73. The van der Waals surface area contributed by atoms with Gasteiger partial charge in [0.15, 0.2) is 0 Å². The van der Waals surface area contributed by atoms with Gasteiger partial charge in [0.25, 0.3) is 0 Å². The Morgan fingerprint density at radius 1 is 1.33 bits per heavy atom. The lowest BCUT2D eigenvalue weighted by atomic mass is 9.94. The van der Waals surface area contributed by atoms with Crippen LogP contribution in [-0.4, -0.2) is 36.6 Å². The predicted molar refractivity (Wildman–Crippen MR) is 66.9 cm³/mol. The zero-order chi connectivity index (χ0) is 13.1. The smallest absolute Gasteiger partial charge is 0.243 e. The second-order valence-corrected chi connectivity index (χ2v) is 5.54. The molecule has 18 heavy (non-hydrogen) atoms. The minimum absolute atomic E-state index is 0.162. The lowest BCUT2D eigenvalue weighted by Gasteiger charge is -2.35. The van der Waals surface area contributed by atoms with E-state index < -0.39 is 0 Å². The van der Waals surface area contributed by atoms with Crippen LogP contribution in [0.25, 0.3) is 0 Å². The molecule has 2 aliphatic heterocycles. The van der Waals surface area contributed by atoms with Crippen molar-refractivity contribution in [2.24, 2.45) is 5.92 Å². The lowest BCUT2D eigenvalue weighted by molar-refractivity contribution is -0.135. The Hall–Kier alpha value is -0.940. The molecule has 5 nitrogen and oxygen atoms in total. The quantitative estimate of drug-likeness (QED) is 0.723. The van der Waals surface area contributed by atoms with Crippen molar-refractivity contribution in [1.29, 1.82) is 0 Å². The van der Waals surface area contributed by atoms with Crippen LogP contribution >= 0.6 is 0 Å². The molecule has 2 N–H and O–H groups in total. The van der Waals surface area contributed by atoms with Crippen molar-refractivity contribution in [3.63, 3.8) is 0 Å². The van der Waals surface area contributed by atoms with E-state index in [1.165, 1.54) is 0 Å². The van der Waals surface area contributed by atoms with Crippen LogP contribution in [0.15, 0.2) is 0 Å². The third kappa shape index (κ3) is 3.29. The van der Waals surface area contributed by atoms with Crippen molar-refractivity contribution in [3.05, 3.63) is 0 Å². The van der Waals surface area contributed by atoms with Crippen molar-refractivity contribution >= 4 is 11.8 Å². The highest BCUT2D eigenvalue weighted by Gasteiger charge is 2.31. The van der Waals surface area contributed by atoms with E-state index in [0.29, 0.717) is 24.8 Å². The summed E-state index contributed by atoms with van der Waals surface area (Å²) in [4.78, 5) is 22.7. The van der Waals surface area contributed by atoms with E-state index >= 15 is 0 Å². The number of carbonyl (C=O) groups is 2. The standard InChI is InChI=1S/C13H22N2O3/c1-8(2)11-7-9(5-6-18-11)14-10-3-4-12(16)15-13(10)17/h8-11,14H,3-7H2,1-2H3,(H,15,16,17). The van der Waals surface area contributed by atoms with Crippen LogP contribution in [0.3, 0.4) is 0 Å². The maximum Gasteiger partial charge on any atom is 0.243 e. The van der Waals surface area contributed by atoms with Crippen molar-refractivity contribution < 1.29 is 14.3 Å². The molecule has 0 aromatic rings. The maximum atomic E-state index is 11.7. The highest BCUT2D eigenvalue weighted by atomic mass is 16.5. The summed E-state index contributed by atoms with van der Waals surface area (Å²) in [5.41, 5.74) is 0. The topological polar surface area (TPSA) is 67.4 Å². The minimum Gasteiger partial charge on any atom is -0.378 e. The number of imide groups is 1. The van der Waals surface area contributed by atoms with Crippen molar-refractivity contribution in [3.8, 4) is 0 Å². The van der Waals surface area contributed by atoms with E-state index in [4.69, 9.17) is 4.74 Å². The molecule has 3 atom stereocenters. The molecule has 0 bridgehead atoms. The molecule has 0 aliphatic carbocycles. The Labute approximate surface area is 108 Å². The van der Waals surface area contributed by atoms with Gasteiger partial charge in [-0.2, -0.15) is 0 Å². The Morgan fingerprint density at radius 3 is 2.78 bits per heavy atom. The van der Waals surface area contributed by atoms with E-state index in [0.717, 1.165) is 19.4 Å². The Morgan fingerprint density at radius 2 is 2.11 bits per heavy atom. The molecule has 2 amide bonds. The molecule has 102 valence electrons. The molecule has 0 spiro atoms. The average Bonchev–Trinajstić information content (AvgIpc) is 2.33. The van der Waals surface area contributed by atoms with Gasteiger partial charge in [-0.25, -0.2) is 0 Å². The molecule has 5 heteroatoms. The lowest BCUT2D eigenvalue weighted by Crippen LogP contribution is -2.55. The first-order valence-electron chi connectivity index (χ1n) is 6.77. The number of amides is 2. The van der Waals surface area contributed by atoms with Gasteiger partial charge >= 0.3 is 0 Å². The summed E-state index contributed by atoms with van der Waals surface area (Å²) in [6.45, 7) is 5.05. The number of piperidine rings is 1. The molecule has 2 aliphatic rings. The minimum atomic E-state index is -0.224. The fourth-order valence-corrected chi connectivity index (χ4v) is 2.58. The van der Waals surface area contributed by atoms with Crippen LogP contribution in [0.5, 0.6) is 0 Å². The highest BCUT2D eigenvalue weighted by Crippen LogP contribution is 2.21. The molecule has 0 saturated carbocycles. The summed E-state index contributed by atoms with van der Waals surface area (Å²) in [6.07, 6.45) is 3.18. The maximum absolute atomic E-state index is 11.7. The zero-order valence-corrected chi connectivity index (χ0v) is 11.1. The number of hydrogen-bond acceptors (Lipinski definition) is 4. The van der Waals surface area contributed by atoms with E-state index in [-0.39, 0.29) is 24.0 Å². The van der Waals surface area contributed by atoms with Crippen LogP contribution in [0.1, 0.15) is 39.5 Å². The van der Waals surface area contributed by atoms with E-state index in [9.17, 15) is 9.59 Å². The first kappa shape index (κ1) is 13.5. The van der Waals surface area contributed by atoms with Gasteiger partial charge in [-0.05, 0) is 25.2 Å². The second kappa shape index (κ2) is 5.80. The summed E-state index contributed by atoms with van der Waals surface area (Å²) in [5, 5.41) is 5.75. The fourth-order valence-electron chi connectivity index (χ4n) is 2.58. The SMILES string of the molecule is CC(C)C1CC(NC2CCC(=O)NC2=O)CCO1. The molecule has 2 fully saturated rings.